The van der Waals surface area contributed by atoms with E-state index in [0.29, 0.717) is 5.92 Å². The van der Waals surface area contributed by atoms with Crippen molar-refractivity contribution in [2.24, 2.45) is 11.7 Å². The number of fused-ring (bicyclic) bond motifs is 1. The van der Waals surface area contributed by atoms with Gasteiger partial charge in [-0.15, -0.1) is 0 Å². The molecule has 1 heterocycles. The van der Waals surface area contributed by atoms with Crippen molar-refractivity contribution in [3.8, 4) is 0 Å². The number of hydrogen-bond donors (Lipinski definition) is 3. The van der Waals surface area contributed by atoms with Crippen LogP contribution in [0.15, 0.2) is 30.5 Å². The zero-order valence-corrected chi connectivity index (χ0v) is 11.2. The molecular weight excluding hydrogens is 236 g/mol. The van der Waals surface area contributed by atoms with Crippen LogP contribution in [0.25, 0.3) is 10.9 Å². The minimum atomic E-state index is -0.423. The smallest absolute Gasteiger partial charge is 0.0760 e. The summed E-state index contributed by atoms with van der Waals surface area (Å²) in [6.45, 7) is 0. The summed E-state index contributed by atoms with van der Waals surface area (Å²) in [5.74, 6) is 0.364. The summed E-state index contributed by atoms with van der Waals surface area (Å²) in [6, 6.07) is 7.92. The maximum atomic E-state index is 10.5. The molecule has 0 aliphatic heterocycles. The van der Waals surface area contributed by atoms with Gasteiger partial charge in [-0.3, -0.25) is 0 Å². The monoisotopic (exact) mass is 258 g/mol. The second-order valence-electron chi connectivity index (χ2n) is 5.74. The molecule has 19 heavy (non-hydrogen) atoms. The molecule has 4 N–H and O–H groups in total. The second-order valence-corrected chi connectivity index (χ2v) is 5.74. The number of nitrogens with one attached hydrogen (secondary N) is 1. The van der Waals surface area contributed by atoms with Gasteiger partial charge in [0.25, 0.3) is 0 Å². The van der Waals surface area contributed by atoms with Crippen molar-refractivity contribution < 1.29 is 5.11 Å². The molecule has 1 aliphatic rings. The molecule has 1 fully saturated rings. The summed E-state index contributed by atoms with van der Waals surface area (Å²) >= 11 is 0. The Morgan fingerprint density at radius 2 is 1.95 bits per heavy atom. The molecule has 0 amide bonds. The van der Waals surface area contributed by atoms with Crippen molar-refractivity contribution in [3.05, 3.63) is 36.0 Å². The Labute approximate surface area is 113 Å². The lowest BCUT2D eigenvalue weighted by Gasteiger charge is -2.30. The summed E-state index contributed by atoms with van der Waals surface area (Å²) in [6.07, 6.45) is 7.48. The first-order chi connectivity index (χ1) is 9.25. The minimum absolute atomic E-state index is 0.282. The molecule has 0 spiro atoms. The first kappa shape index (κ1) is 12.7. The van der Waals surface area contributed by atoms with Crippen LogP contribution >= 0.6 is 0 Å². The standard InChI is InChI=1S/C16H22N2O/c17-15(16(19)12-4-2-1-3-5-12)13-7-6-11-8-9-18-14(11)10-13/h6-10,12,15-16,18-19H,1-5,17H2/t15-,16+/m1/s1. The third-order valence-corrected chi connectivity index (χ3v) is 4.46. The second kappa shape index (κ2) is 5.35. The molecule has 0 bridgehead atoms. The van der Waals surface area contributed by atoms with Crippen LogP contribution in [0.1, 0.15) is 43.7 Å². The number of aromatic amines is 1. The number of aliphatic hydroxyl groups is 1. The molecule has 1 aromatic carbocycles. The van der Waals surface area contributed by atoms with E-state index in [1.165, 1.54) is 24.6 Å². The molecule has 102 valence electrons. The zero-order valence-electron chi connectivity index (χ0n) is 11.2. The van der Waals surface area contributed by atoms with Gasteiger partial charge in [-0.2, -0.15) is 0 Å². The largest absolute Gasteiger partial charge is 0.391 e. The predicted octanol–water partition coefficient (Wildman–Crippen LogP) is 3.11. The quantitative estimate of drug-likeness (QED) is 0.792. The Balaban J connectivity index is 1.79. The molecule has 1 saturated carbocycles. The van der Waals surface area contributed by atoms with Gasteiger partial charge in [-0.05, 0) is 41.8 Å². The highest BCUT2D eigenvalue weighted by molar-refractivity contribution is 5.80. The fraction of sp³-hybridized carbons (Fsp3) is 0.500. The third-order valence-electron chi connectivity index (χ3n) is 4.46. The van der Waals surface area contributed by atoms with Crippen molar-refractivity contribution in [3.63, 3.8) is 0 Å². The molecule has 0 unspecified atom stereocenters. The van der Waals surface area contributed by atoms with E-state index in [9.17, 15) is 5.11 Å². The van der Waals surface area contributed by atoms with Crippen LogP contribution in [0.4, 0.5) is 0 Å². The lowest BCUT2D eigenvalue weighted by molar-refractivity contribution is 0.0618. The Morgan fingerprint density at radius 3 is 2.74 bits per heavy atom. The van der Waals surface area contributed by atoms with Crippen molar-refractivity contribution in [1.82, 2.24) is 4.98 Å². The maximum absolute atomic E-state index is 10.5. The summed E-state index contributed by atoms with van der Waals surface area (Å²) in [5, 5.41) is 11.7. The average molecular weight is 258 g/mol. The Hall–Kier alpha value is -1.32. The molecule has 0 radical (unpaired) electrons. The third kappa shape index (κ3) is 2.53. The number of benzene rings is 1. The van der Waals surface area contributed by atoms with Crippen LogP contribution in [0.2, 0.25) is 0 Å². The van der Waals surface area contributed by atoms with Crippen molar-refractivity contribution in [2.75, 3.05) is 0 Å². The highest BCUT2D eigenvalue weighted by Gasteiger charge is 2.27. The first-order valence-corrected chi connectivity index (χ1v) is 7.26. The molecule has 3 rings (SSSR count). The number of H-pyrrole nitrogens is 1. The Kier molecular flexibility index (Phi) is 3.58. The van der Waals surface area contributed by atoms with Crippen LogP contribution < -0.4 is 5.73 Å². The van der Waals surface area contributed by atoms with E-state index in [1.54, 1.807) is 0 Å². The van der Waals surface area contributed by atoms with E-state index < -0.39 is 6.10 Å². The fourth-order valence-corrected chi connectivity index (χ4v) is 3.24. The van der Waals surface area contributed by atoms with Gasteiger partial charge in [0.1, 0.15) is 0 Å². The normalized spacial score (nSPS) is 20.5. The lowest BCUT2D eigenvalue weighted by Crippen LogP contribution is -2.34. The van der Waals surface area contributed by atoms with Gasteiger partial charge in [-0.1, -0.05) is 31.4 Å². The van der Waals surface area contributed by atoms with Gasteiger partial charge in [0.2, 0.25) is 0 Å². The van der Waals surface area contributed by atoms with Crippen molar-refractivity contribution >= 4 is 10.9 Å². The number of aliphatic hydroxyl groups excluding tert-OH is 1. The Morgan fingerprint density at radius 1 is 1.16 bits per heavy atom. The van der Waals surface area contributed by atoms with Gasteiger partial charge in [0.15, 0.2) is 0 Å². The van der Waals surface area contributed by atoms with E-state index in [-0.39, 0.29) is 6.04 Å². The predicted molar refractivity (Wildman–Crippen MR) is 77.8 cm³/mol. The van der Waals surface area contributed by atoms with Crippen LogP contribution in [0.5, 0.6) is 0 Å². The number of nitrogens with two attached hydrogens (primary N) is 1. The summed E-state index contributed by atoms with van der Waals surface area (Å²) in [7, 11) is 0. The van der Waals surface area contributed by atoms with E-state index in [4.69, 9.17) is 5.73 Å². The number of aromatic nitrogens is 1. The van der Waals surface area contributed by atoms with Crippen LogP contribution in [-0.4, -0.2) is 16.2 Å². The minimum Gasteiger partial charge on any atom is -0.391 e. The highest BCUT2D eigenvalue weighted by Crippen LogP contribution is 2.32. The average Bonchev–Trinajstić information content (AvgIpc) is 2.94. The number of hydrogen-bond acceptors (Lipinski definition) is 2. The Bertz CT molecular complexity index is 542. The van der Waals surface area contributed by atoms with Gasteiger partial charge < -0.3 is 15.8 Å². The number of rotatable bonds is 3. The van der Waals surface area contributed by atoms with E-state index in [1.807, 2.05) is 18.3 Å². The first-order valence-electron chi connectivity index (χ1n) is 7.26. The van der Waals surface area contributed by atoms with E-state index in [2.05, 4.69) is 17.1 Å². The van der Waals surface area contributed by atoms with Gasteiger partial charge >= 0.3 is 0 Å². The summed E-state index contributed by atoms with van der Waals surface area (Å²) < 4.78 is 0. The molecule has 1 aromatic heterocycles. The molecule has 0 saturated heterocycles. The molecule has 1 aliphatic carbocycles. The maximum Gasteiger partial charge on any atom is 0.0760 e. The fourth-order valence-electron chi connectivity index (χ4n) is 3.24. The topological polar surface area (TPSA) is 62.0 Å². The lowest BCUT2D eigenvalue weighted by atomic mass is 9.81. The van der Waals surface area contributed by atoms with Gasteiger partial charge in [0.05, 0.1) is 12.1 Å². The van der Waals surface area contributed by atoms with Crippen LogP contribution in [-0.2, 0) is 0 Å². The van der Waals surface area contributed by atoms with Crippen molar-refractivity contribution in [2.45, 2.75) is 44.2 Å². The zero-order chi connectivity index (χ0) is 13.2. The van der Waals surface area contributed by atoms with E-state index in [0.717, 1.165) is 23.9 Å². The summed E-state index contributed by atoms with van der Waals surface area (Å²) in [5.41, 5.74) is 8.37. The molecular formula is C16H22N2O. The molecule has 2 aromatic rings. The molecule has 3 heteroatoms. The highest BCUT2D eigenvalue weighted by atomic mass is 16.3. The van der Waals surface area contributed by atoms with Crippen LogP contribution in [0, 0.1) is 5.92 Å². The molecule has 2 atom stereocenters. The van der Waals surface area contributed by atoms with E-state index >= 15 is 0 Å². The van der Waals surface area contributed by atoms with Crippen molar-refractivity contribution in [1.29, 1.82) is 0 Å². The van der Waals surface area contributed by atoms with Crippen LogP contribution in [0.3, 0.4) is 0 Å². The molecule has 3 nitrogen and oxygen atoms in total. The van der Waals surface area contributed by atoms with Gasteiger partial charge in [-0.25, -0.2) is 0 Å². The summed E-state index contributed by atoms with van der Waals surface area (Å²) in [4.78, 5) is 3.20. The SMILES string of the molecule is N[C@H](c1ccc2cc[nH]c2c1)[C@@H](O)C1CCCCC1. The van der Waals surface area contributed by atoms with Gasteiger partial charge in [0, 0.05) is 11.7 Å².